The van der Waals surface area contributed by atoms with Crippen molar-refractivity contribution in [1.82, 2.24) is 9.97 Å². The van der Waals surface area contributed by atoms with E-state index in [0.29, 0.717) is 23.7 Å². The highest BCUT2D eigenvalue weighted by Gasteiger charge is 2.28. The average Bonchev–Trinajstić information content (AvgIpc) is 2.69. The lowest BCUT2D eigenvalue weighted by Gasteiger charge is -2.23. The molecule has 0 unspecified atom stereocenters. The zero-order chi connectivity index (χ0) is 17.9. The molecule has 5 heteroatoms. The van der Waals surface area contributed by atoms with Gasteiger partial charge in [-0.2, -0.15) is 0 Å². The minimum atomic E-state index is 0.101. The smallest absolute Gasteiger partial charge is 0.227 e. The molecule has 0 fully saturated rings. The van der Waals surface area contributed by atoms with Crippen molar-refractivity contribution in [2.45, 2.75) is 18.8 Å². The van der Waals surface area contributed by atoms with Gasteiger partial charge in [0.15, 0.2) is 5.78 Å². The van der Waals surface area contributed by atoms with Crippen LogP contribution in [0.15, 0.2) is 60.8 Å². The Morgan fingerprint density at radius 3 is 2.62 bits per heavy atom. The number of benzene rings is 2. The molecule has 1 aliphatic rings. The number of ether oxygens (including phenoxy) is 1. The van der Waals surface area contributed by atoms with Crippen LogP contribution in [0.3, 0.4) is 0 Å². The van der Waals surface area contributed by atoms with Crippen LogP contribution in [0.5, 0.6) is 5.75 Å². The van der Waals surface area contributed by atoms with Crippen molar-refractivity contribution in [2.24, 2.45) is 0 Å². The van der Waals surface area contributed by atoms with Crippen molar-refractivity contribution < 1.29 is 9.53 Å². The molecule has 130 valence electrons. The molecule has 0 radical (unpaired) electrons. The van der Waals surface area contributed by atoms with Gasteiger partial charge < -0.3 is 10.1 Å². The molecule has 1 heterocycles. The number of carbonyl (C=O) groups is 1. The molecular formula is C21H19N3O2. The fourth-order valence-corrected chi connectivity index (χ4v) is 3.33. The van der Waals surface area contributed by atoms with E-state index < -0.39 is 0 Å². The highest BCUT2D eigenvalue weighted by atomic mass is 16.5. The monoisotopic (exact) mass is 345 g/mol. The SMILES string of the molecule is COc1ccccc1Nc1ncc2c(n1)C[C@H](c1ccccc1)CC2=O. The maximum absolute atomic E-state index is 12.5. The van der Waals surface area contributed by atoms with E-state index in [1.54, 1.807) is 13.3 Å². The Morgan fingerprint density at radius 1 is 1.04 bits per heavy atom. The minimum absolute atomic E-state index is 0.101. The van der Waals surface area contributed by atoms with Crippen LogP contribution in [0.25, 0.3) is 0 Å². The molecule has 4 rings (SSSR count). The third-order valence-electron chi connectivity index (χ3n) is 4.66. The zero-order valence-electron chi connectivity index (χ0n) is 14.5. The van der Waals surface area contributed by atoms with Gasteiger partial charge in [0.05, 0.1) is 24.1 Å². The van der Waals surface area contributed by atoms with Gasteiger partial charge in [-0.25, -0.2) is 9.97 Å². The third kappa shape index (κ3) is 3.16. The zero-order valence-corrected chi connectivity index (χ0v) is 14.5. The lowest BCUT2D eigenvalue weighted by molar-refractivity contribution is 0.0962. The largest absolute Gasteiger partial charge is 0.495 e. The van der Waals surface area contributed by atoms with Gasteiger partial charge in [-0.15, -0.1) is 0 Å². The molecule has 0 spiro atoms. The number of Topliss-reactive ketones (excluding diaryl/α,β-unsaturated/α-hetero) is 1. The molecule has 0 amide bonds. The van der Waals surface area contributed by atoms with Crippen molar-refractivity contribution >= 4 is 17.4 Å². The van der Waals surface area contributed by atoms with Gasteiger partial charge in [0.25, 0.3) is 0 Å². The molecule has 1 aromatic heterocycles. The van der Waals surface area contributed by atoms with Crippen molar-refractivity contribution in [3.05, 3.63) is 77.6 Å². The number of para-hydroxylation sites is 2. The Labute approximate surface area is 152 Å². The van der Waals surface area contributed by atoms with E-state index in [4.69, 9.17) is 4.74 Å². The Hall–Kier alpha value is -3.21. The van der Waals surface area contributed by atoms with E-state index in [0.717, 1.165) is 17.8 Å². The van der Waals surface area contributed by atoms with Gasteiger partial charge in [0.2, 0.25) is 5.95 Å². The number of anilines is 2. The molecule has 0 bridgehead atoms. The summed E-state index contributed by atoms with van der Waals surface area (Å²) in [7, 11) is 1.62. The standard InChI is InChI=1S/C21H19N3O2/c1-26-20-10-6-5-9-17(20)23-21-22-13-16-18(24-21)11-15(12-19(16)25)14-7-3-2-4-8-14/h2-10,13,15H,11-12H2,1H3,(H,22,23,24)/t15-/m0/s1. The van der Waals surface area contributed by atoms with Gasteiger partial charge >= 0.3 is 0 Å². The number of rotatable bonds is 4. The van der Waals surface area contributed by atoms with Crippen LogP contribution in [0, 0.1) is 0 Å². The lowest BCUT2D eigenvalue weighted by atomic mass is 9.82. The molecule has 2 aromatic carbocycles. The molecule has 1 aliphatic carbocycles. The second kappa shape index (κ2) is 6.96. The number of methoxy groups -OCH3 is 1. The maximum atomic E-state index is 12.5. The van der Waals surface area contributed by atoms with E-state index >= 15 is 0 Å². The second-order valence-corrected chi connectivity index (χ2v) is 6.32. The number of hydrogen-bond acceptors (Lipinski definition) is 5. The summed E-state index contributed by atoms with van der Waals surface area (Å²) in [5.74, 6) is 1.44. The van der Waals surface area contributed by atoms with Crippen molar-refractivity contribution in [3.8, 4) is 5.75 Å². The Morgan fingerprint density at radius 2 is 1.81 bits per heavy atom. The van der Waals surface area contributed by atoms with Crippen molar-refractivity contribution in [2.75, 3.05) is 12.4 Å². The molecule has 0 saturated carbocycles. The summed E-state index contributed by atoms with van der Waals surface area (Å²) in [6.07, 6.45) is 2.86. The maximum Gasteiger partial charge on any atom is 0.227 e. The predicted molar refractivity (Wildman–Crippen MR) is 100 cm³/mol. The Bertz CT molecular complexity index is 941. The van der Waals surface area contributed by atoms with E-state index in [1.807, 2.05) is 42.5 Å². The predicted octanol–water partition coefficient (Wildman–Crippen LogP) is 4.14. The van der Waals surface area contributed by atoms with Crippen LogP contribution in [-0.2, 0) is 6.42 Å². The number of nitrogens with zero attached hydrogens (tertiary/aromatic N) is 2. The molecule has 1 N–H and O–H groups in total. The first-order valence-electron chi connectivity index (χ1n) is 8.58. The highest BCUT2D eigenvalue weighted by Crippen LogP contribution is 2.32. The summed E-state index contributed by atoms with van der Waals surface area (Å²) < 4.78 is 5.35. The Balaban J connectivity index is 1.63. The van der Waals surface area contributed by atoms with Crippen molar-refractivity contribution in [1.29, 1.82) is 0 Å². The van der Waals surface area contributed by atoms with Crippen LogP contribution in [-0.4, -0.2) is 22.9 Å². The number of fused-ring (bicyclic) bond motifs is 1. The summed E-state index contributed by atoms with van der Waals surface area (Å²) in [6, 6.07) is 17.7. The molecule has 1 atom stereocenters. The number of aromatic nitrogens is 2. The summed E-state index contributed by atoms with van der Waals surface area (Å²) in [4.78, 5) is 21.4. The van der Waals surface area contributed by atoms with Crippen LogP contribution < -0.4 is 10.1 Å². The summed E-state index contributed by atoms with van der Waals surface area (Å²) >= 11 is 0. The van der Waals surface area contributed by atoms with Gasteiger partial charge in [0, 0.05) is 12.6 Å². The average molecular weight is 345 g/mol. The Kier molecular flexibility index (Phi) is 4.35. The minimum Gasteiger partial charge on any atom is -0.495 e. The number of hydrogen-bond donors (Lipinski definition) is 1. The molecular weight excluding hydrogens is 326 g/mol. The van der Waals surface area contributed by atoms with Crippen molar-refractivity contribution in [3.63, 3.8) is 0 Å². The first kappa shape index (κ1) is 16.3. The summed E-state index contributed by atoms with van der Waals surface area (Å²) in [6.45, 7) is 0. The fraction of sp³-hybridized carbons (Fsp3) is 0.190. The van der Waals surface area contributed by atoms with Gasteiger partial charge in [-0.05, 0) is 30.0 Å². The van der Waals surface area contributed by atoms with Gasteiger partial charge in [-0.3, -0.25) is 4.79 Å². The third-order valence-corrected chi connectivity index (χ3v) is 4.66. The highest BCUT2D eigenvalue weighted by molar-refractivity contribution is 5.98. The summed E-state index contributed by atoms with van der Waals surface area (Å²) in [5.41, 5.74) is 3.38. The molecule has 5 nitrogen and oxygen atoms in total. The molecule has 0 aliphatic heterocycles. The van der Waals surface area contributed by atoms with E-state index in [2.05, 4.69) is 27.4 Å². The van der Waals surface area contributed by atoms with Crippen LogP contribution >= 0.6 is 0 Å². The van der Waals surface area contributed by atoms with Crippen LogP contribution in [0.1, 0.15) is 34.0 Å². The molecule has 26 heavy (non-hydrogen) atoms. The van der Waals surface area contributed by atoms with Crippen LogP contribution in [0.2, 0.25) is 0 Å². The first-order chi connectivity index (χ1) is 12.7. The summed E-state index contributed by atoms with van der Waals surface area (Å²) in [5, 5.41) is 3.18. The quantitative estimate of drug-likeness (QED) is 0.770. The number of nitrogens with one attached hydrogen (secondary N) is 1. The second-order valence-electron chi connectivity index (χ2n) is 6.32. The van der Waals surface area contributed by atoms with Crippen LogP contribution in [0.4, 0.5) is 11.6 Å². The van der Waals surface area contributed by atoms with Gasteiger partial charge in [-0.1, -0.05) is 42.5 Å². The van der Waals surface area contributed by atoms with Gasteiger partial charge in [0.1, 0.15) is 5.75 Å². The lowest BCUT2D eigenvalue weighted by Crippen LogP contribution is -2.21. The van der Waals surface area contributed by atoms with E-state index in [9.17, 15) is 4.79 Å². The topological polar surface area (TPSA) is 64.1 Å². The fourth-order valence-electron chi connectivity index (χ4n) is 3.33. The number of carbonyl (C=O) groups excluding carboxylic acids is 1. The first-order valence-corrected chi connectivity index (χ1v) is 8.58. The van der Waals surface area contributed by atoms with E-state index in [-0.39, 0.29) is 11.7 Å². The molecule has 3 aromatic rings. The van der Waals surface area contributed by atoms with E-state index in [1.165, 1.54) is 5.56 Å². The normalized spacial score (nSPS) is 16.0. The number of ketones is 1. The molecule has 0 saturated heterocycles.